The van der Waals surface area contributed by atoms with Crippen LogP contribution < -0.4 is 0 Å². The van der Waals surface area contributed by atoms with E-state index in [2.05, 4.69) is 89.4 Å². The molecule has 0 aliphatic carbocycles. The van der Waals surface area contributed by atoms with Crippen LogP contribution >= 0.6 is 10.0 Å². The Hall–Kier alpha value is -1.73. The molecule has 0 fully saturated rings. The third-order valence-electron chi connectivity index (χ3n) is 5.24. The van der Waals surface area contributed by atoms with Crippen LogP contribution in [0.5, 0.6) is 0 Å². The van der Waals surface area contributed by atoms with Gasteiger partial charge in [-0.2, -0.15) is 0 Å². The van der Waals surface area contributed by atoms with Crippen molar-refractivity contribution in [1.82, 2.24) is 0 Å². The van der Waals surface area contributed by atoms with Crippen molar-refractivity contribution in [2.75, 3.05) is 23.0 Å². The first kappa shape index (κ1) is 19.6. The van der Waals surface area contributed by atoms with Crippen LogP contribution in [0.4, 0.5) is 0 Å². The van der Waals surface area contributed by atoms with Gasteiger partial charge in [0, 0.05) is 11.5 Å². The highest BCUT2D eigenvalue weighted by atomic mass is 32.3. The zero-order valence-electron chi connectivity index (χ0n) is 16.3. The molecule has 0 spiro atoms. The second-order valence-electron chi connectivity index (χ2n) is 6.93. The third-order valence-corrected chi connectivity index (χ3v) is 9.61. The Morgan fingerprint density at radius 3 is 1.40 bits per heavy atom. The Labute approximate surface area is 156 Å². The lowest BCUT2D eigenvalue weighted by Crippen LogP contribution is -2.17. The van der Waals surface area contributed by atoms with E-state index < -0.39 is 10.0 Å². The summed E-state index contributed by atoms with van der Waals surface area (Å²) in [6.07, 6.45) is 0. The van der Waals surface area contributed by atoms with Gasteiger partial charge in [0.25, 0.3) is 0 Å². The van der Waals surface area contributed by atoms with Crippen LogP contribution in [0.25, 0.3) is 11.1 Å². The highest BCUT2D eigenvalue weighted by Crippen LogP contribution is 2.52. The first-order valence-electron chi connectivity index (χ1n) is 9.14. The number of hydrogen-bond donors (Lipinski definition) is 0. The standard InChI is InChI=1S/C24H32S/c1-7-25(8-2,17-21(5)23-15-11-9-13-19(23)3)18-22(6)24-16-12-10-14-20(24)4/h9-16H,5-8,17-18H2,1-4H3. The molecule has 0 aliphatic rings. The Balaban J connectivity index is 2.23. The van der Waals surface area contributed by atoms with E-state index in [1.807, 2.05) is 0 Å². The smallest absolute Gasteiger partial charge is 0.00281 e. The molecule has 0 unspecified atom stereocenters. The van der Waals surface area contributed by atoms with Crippen molar-refractivity contribution in [2.24, 2.45) is 0 Å². The van der Waals surface area contributed by atoms with Crippen molar-refractivity contribution in [3.8, 4) is 0 Å². The van der Waals surface area contributed by atoms with E-state index in [0.717, 1.165) is 11.5 Å². The van der Waals surface area contributed by atoms with Crippen LogP contribution in [-0.4, -0.2) is 23.0 Å². The summed E-state index contributed by atoms with van der Waals surface area (Å²) in [6.45, 7) is 18.0. The molecule has 0 aromatic heterocycles. The van der Waals surface area contributed by atoms with Crippen LogP contribution in [0.2, 0.25) is 0 Å². The first-order valence-corrected chi connectivity index (χ1v) is 11.4. The van der Waals surface area contributed by atoms with Gasteiger partial charge in [0.2, 0.25) is 0 Å². The molecule has 0 radical (unpaired) electrons. The Morgan fingerprint density at radius 1 is 0.720 bits per heavy atom. The van der Waals surface area contributed by atoms with Crippen LogP contribution in [0, 0.1) is 13.8 Å². The molecule has 0 saturated carbocycles. The minimum Gasteiger partial charge on any atom is -0.233 e. The van der Waals surface area contributed by atoms with Gasteiger partial charge in [0.1, 0.15) is 0 Å². The maximum absolute atomic E-state index is 4.46. The van der Waals surface area contributed by atoms with Gasteiger partial charge in [0.15, 0.2) is 0 Å². The maximum Gasteiger partial charge on any atom is 0.00281 e. The van der Waals surface area contributed by atoms with Crippen LogP contribution in [-0.2, 0) is 0 Å². The largest absolute Gasteiger partial charge is 0.233 e. The predicted molar refractivity (Wildman–Crippen MR) is 119 cm³/mol. The summed E-state index contributed by atoms with van der Waals surface area (Å²) in [5.74, 6) is 4.66. The monoisotopic (exact) mass is 352 g/mol. The Kier molecular flexibility index (Phi) is 6.72. The molecule has 134 valence electrons. The van der Waals surface area contributed by atoms with Crippen molar-refractivity contribution in [1.29, 1.82) is 0 Å². The van der Waals surface area contributed by atoms with E-state index in [0.29, 0.717) is 0 Å². The van der Waals surface area contributed by atoms with Gasteiger partial charge in [-0.3, -0.25) is 0 Å². The van der Waals surface area contributed by atoms with E-state index in [1.54, 1.807) is 0 Å². The van der Waals surface area contributed by atoms with E-state index in [4.69, 9.17) is 0 Å². The van der Waals surface area contributed by atoms with Crippen LogP contribution in [0.15, 0.2) is 61.7 Å². The fourth-order valence-corrected chi connectivity index (χ4v) is 6.61. The van der Waals surface area contributed by atoms with Crippen molar-refractivity contribution in [2.45, 2.75) is 27.7 Å². The lowest BCUT2D eigenvalue weighted by molar-refractivity contribution is 1.35. The van der Waals surface area contributed by atoms with Crippen LogP contribution in [0.1, 0.15) is 36.1 Å². The molecule has 0 atom stereocenters. The average Bonchev–Trinajstić information content (AvgIpc) is 2.61. The molecule has 2 rings (SSSR count). The maximum atomic E-state index is 4.46. The van der Waals surface area contributed by atoms with Gasteiger partial charge >= 0.3 is 0 Å². The fraction of sp³-hybridized carbons (Fsp3) is 0.333. The van der Waals surface area contributed by atoms with Crippen molar-refractivity contribution in [3.63, 3.8) is 0 Å². The molecule has 0 heterocycles. The summed E-state index contributed by atoms with van der Waals surface area (Å²) >= 11 is 0. The molecular weight excluding hydrogens is 320 g/mol. The molecule has 0 bridgehead atoms. The molecule has 0 saturated heterocycles. The SMILES string of the molecule is C=C(CS(CC)(CC)CC(=C)c1ccccc1C)c1ccccc1C. The van der Waals surface area contributed by atoms with Gasteiger partial charge in [0.05, 0.1) is 0 Å². The minimum atomic E-state index is -0.800. The fourth-order valence-electron chi connectivity index (χ4n) is 3.50. The molecule has 2 aromatic rings. The molecule has 0 aliphatic heterocycles. The zero-order chi connectivity index (χ0) is 18.4. The summed E-state index contributed by atoms with van der Waals surface area (Å²) in [7, 11) is -0.800. The summed E-state index contributed by atoms with van der Waals surface area (Å²) < 4.78 is 0. The van der Waals surface area contributed by atoms with E-state index in [-0.39, 0.29) is 0 Å². The lowest BCUT2D eigenvalue weighted by atomic mass is 10.0. The van der Waals surface area contributed by atoms with E-state index in [9.17, 15) is 0 Å². The molecule has 1 heteroatoms. The molecule has 2 aromatic carbocycles. The summed E-state index contributed by atoms with van der Waals surface area (Å²) in [6, 6.07) is 17.2. The van der Waals surface area contributed by atoms with Gasteiger partial charge < -0.3 is 0 Å². The lowest BCUT2D eigenvalue weighted by Gasteiger charge is -2.40. The number of benzene rings is 2. The summed E-state index contributed by atoms with van der Waals surface area (Å²) in [5.41, 5.74) is 7.87. The quantitative estimate of drug-likeness (QED) is 0.486. The second kappa shape index (κ2) is 8.58. The van der Waals surface area contributed by atoms with Crippen LogP contribution in [0.3, 0.4) is 0 Å². The Bertz CT molecular complexity index is 689. The minimum absolute atomic E-state index is 0.800. The molecule has 0 N–H and O–H groups in total. The van der Waals surface area contributed by atoms with Gasteiger partial charge in [-0.25, -0.2) is 10.0 Å². The summed E-state index contributed by atoms with van der Waals surface area (Å²) in [5, 5.41) is 0. The highest BCUT2D eigenvalue weighted by molar-refractivity contribution is 8.34. The number of hydrogen-bond acceptors (Lipinski definition) is 0. The van der Waals surface area contributed by atoms with Gasteiger partial charge in [-0.1, -0.05) is 75.5 Å². The first-order chi connectivity index (χ1) is 11.9. The molecule has 0 amide bonds. The topological polar surface area (TPSA) is 0 Å². The van der Waals surface area contributed by atoms with Gasteiger partial charge in [-0.15, -0.1) is 0 Å². The molecular formula is C24H32S. The van der Waals surface area contributed by atoms with E-state index >= 15 is 0 Å². The predicted octanol–water partition coefficient (Wildman–Crippen LogP) is 6.87. The van der Waals surface area contributed by atoms with Crippen molar-refractivity contribution in [3.05, 3.63) is 83.9 Å². The van der Waals surface area contributed by atoms with E-state index in [1.165, 1.54) is 44.9 Å². The summed E-state index contributed by atoms with van der Waals surface area (Å²) in [4.78, 5) is 0. The molecule has 0 nitrogen and oxygen atoms in total. The molecule has 25 heavy (non-hydrogen) atoms. The number of rotatable bonds is 8. The van der Waals surface area contributed by atoms with Crippen molar-refractivity contribution < 1.29 is 0 Å². The number of aryl methyl sites for hydroxylation is 2. The normalized spacial score (nSPS) is 12.0. The van der Waals surface area contributed by atoms with Crippen molar-refractivity contribution >= 4 is 21.2 Å². The van der Waals surface area contributed by atoms with Gasteiger partial charge in [-0.05, 0) is 58.8 Å². The highest BCUT2D eigenvalue weighted by Gasteiger charge is 2.24. The third kappa shape index (κ3) is 4.67. The Morgan fingerprint density at radius 2 is 1.08 bits per heavy atom. The zero-order valence-corrected chi connectivity index (χ0v) is 17.1. The average molecular weight is 353 g/mol. The second-order valence-corrected chi connectivity index (χ2v) is 11.1.